The molecule has 4 rings (SSSR count). The van der Waals surface area contributed by atoms with Gasteiger partial charge < -0.3 is 19.5 Å². The second kappa shape index (κ2) is 10.4. The molecule has 0 aromatic heterocycles. The van der Waals surface area contributed by atoms with Crippen LogP contribution in [0.25, 0.3) is 10.8 Å². The van der Waals surface area contributed by atoms with Gasteiger partial charge >= 0.3 is 0 Å². The first-order valence-corrected chi connectivity index (χ1v) is 11.4. The van der Waals surface area contributed by atoms with Crippen LogP contribution in [0.2, 0.25) is 0 Å². The molecule has 0 amide bonds. The summed E-state index contributed by atoms with van der Waals surface area (Å²) in [5.74, 6) is 2.27. The van der Waals surface area contributed by atoms with Crippen LogP contribution < -0.4 is 19.5 Å². The third-order valence-corrected chi connectivity index (χ3v) is 5.79. The van der Waals surface area contributed by atoms with E-state index in [0.29, 0.717) is 31.3 Å². The fourth-order valence-electron chi connectivity index (χ4n) is 3.62. The highest BCUT2D eigenvalue weighted by Gasteiger charge is 2.13. The zero-order valence-corrected chi connectivity index (χ0v) is 19.8. The molecule has 0 saturated heterocycles. The number of halogens is 1. The lowest BCUT2D eigenvalue weighted by Gasteiger charge is -2.16. The monoisotopic (exact) mass is 491 g/mol. The Morgan fingerprint density at radius 3 is 2.44 bits per heavy atom. The lowest BCUT2D eigenvalue weighted by molar-refractivity contribution is 0.283. The molecule has 0 fully saturated rings. The smallest absolute Gasteiger partial charge is 0.175 e. The fourth-order valence-corrected chi connectivity index (χ4v) is 4.23. The highest BCUT2D eigenvalue weighted by atomic mass is 79.9. The molecule has 1 N–H and O–H groups in total. The number of rotatable bonds is 9. The maximum atomic E-state index is 6.20. The summed E-state index contributed by atoms with van der Waals surface area (Å²) in [4.78, 5) is 0. The number of nitrogens with one attached hydrogen (secondary N) is 1. The van der Waals surface area contributed by atoms with Crippen LogP contribution in [-0.4, -0.2) is 13.7 Å². The molecule has 0 aliphatic rings. The minimum absolute atomic E-state index is 0.458. The van der Waals surface area contributed by atoms with Crippen LogP contribution in [0.4, 0.5) is 5.69 Å². The molecular formula is C27H26BrNO3. The van der Waals surface area contributed by atoms with Crippen molar-refractivity contribution < 1.29 is 14.2 Å². The molecule has 5 heteroatoms. The summed E-state index contributed by atoms with van der Waals surface area (Å²) in [6.07, 6.45) is 0. The molecule has 0 unspecified atom stereocenters. The van der Waals surface area contributed by atoms with Crippen molar-refractivity contribution in [2.24, 2.45) is 0 Å². The lowest BCUT2D eigenvalue weighted by Crippen LogP contribution is -2.03. The van der Waals surface area contributed by atoms with Crippen molar-refractivity contribution in [2.75, 3.05) is 19.0 Å². The van der Waals surface area contributed by atoms with Crippen LogP contribution >= 0.6 is 15.9 Å². The normalized spacial score (nSPS) is 10.7. The van der Waals surface area contributed by atoms with E-state index in [4.69, 9.17) is 14.2 Å². The van der Waals surface area contributed by atoms with Gasteiger partial charge in [-0.15, -0.1) is 0 Å². The zero-order chi connectivity index (χ0) is 22.3. The molecule has 164 valence electrons. The van der Waals surface area contributed by atoms with Gasteiger partial charge in [-0.25, -0.2) is 0 Å². The molecular weight excluding hydrogens is 466 g/mol. The van der Waals surface area contributed by atoms with E-state index >= 15 is 0 Å². The summed E-state index contributed by atoms with van der Waals surface area (Å²) >= 11 is 3.67. The Kier molecular flexibility index (Phi) is 7.17. The summed E-state index contributed by atoms with van der Waals surface area (Å²) < 4.78 is 18.2. The number of hydrogen-bond donors (Lipinski definition) is 1. The van der Waals surface area contributed by atoms with Gasteiger partial charge in [0.15, 0.2) is 11.5 Å². The second-order valence-corrected chi connectivity index (χ2v) is 8.20. The van der Waals surface area contributed by atoms with E-state index in [1.165, 1.54) is 10.8 Å². The molecule has 0 bridgehead atoms. The Balaban J connectivity index is 1.47. The number of ether oxygens (including phenoxy) is 3. The van der Waals surface area contributed by atoms with Crippen LogP contribution in [-0.2, 0) is 13.2 Å². The van der Waals surface area contributed by atoms with Crippen molar-refractivity contribution in [3.63, 3.8) is 0 Å². The Hall–Kier alpha value is -3.18. The van der Waals surface area contributed by atoms with Crippen molar-refractivity contribution in [3.8, 4) is 17.2 Å². The number of hydrogen-bond acceptors (Lipinski definition) is 4. The van der Waals surface area contributed by atoms with Gasteiger partial charge in [-0.1, -0.05) is 42.5 Å². The molecule has 0 heterocycles. The third kappa shape index (κ3) is 5.17. The molecule has 0 atom stereocenters. The number of fused-ring (bicyclic) bond motifs is 1. The van der Waals surface area contributed by atoms with Gasteiger partial charge in [-0.3, -0.25) is 0 Å². The Labute approximate surface area is 197 Å². The van der Waals surface area contributed by atoms with Crippen molar-refractivity contribution in [3.05, 3.63) is 94.5 Å². The minimum atomic E-state index is 0.458. The highest BCUT2D eigenvalue weighted by Crippen LogP contribution is 2.37. The first-order valence-electron chi connectivity index (χ1n) is 10.6. The van der Waals surface area contributed by atoms with Crippen LogP contribution in [0.1, 0.15) is 18.1 Å². The molecule has 0 aliphatic heterocycles. The van der Waals surface area contributed by atoms with E-state index in [9.17, 15) is 0 Å². The summed E-state index contributed by atoms with van der Waals surface area (Å²) in [6.45, 7) is 3.76. The van der Waals surface area contributed by atoms with Gasteiger partial charge in [0.1, 0.15) is 12.4 Å². The Morgan fingerprint density at radius 1 is 0.875 bits per heavy atom. The predicted molar refractivity (Wildman–Crippen MR) is 134 cm³/mol. The lowest BCUT2D eigenvalue weighted by atomic mass is 10.1. The SMILES string of the molecule is CCOc1ccc(NCc2cc(Br)c(OCc3cccc4ccccc34)c(OC)c2)cc1. The number of anilines is 1. The maximum absolute atomic E-state index is 6.20. The first kappa shape index (κ1) is 22.0. The topological polar surface area (TPSA) is 39.7 Å². The number of benzene rings is 4. The first-order chi connectivity index (χ1) is 15.7. The van der Waals surface area contributed by atoms with Gasteiger partial charge in [-0.05, 0) is 81.2 Å². The van der Waals surface area contributed by atoms with Crippen LogP contribution in [0.15, 0.2) is 83.3 Å². The molecule has 0 spiro atoms. The van der Waals surface area contributed by atoms with Gasteiger partial charge in [-0.2, -0.15) is 0 Å². The van der Waals surface area contributed by atoms with E-state index in [-0.39, 0.29) is 0 Å². The molecule has 0 saturated carbocycles. The van der Waals surface area contributed by atoms with Crippen LogP contribution in [0.3, 0.4) is 0 Å². The third-order valence-electron chi connectivity index (χ3n) is 5.20. The highest BCUT2D eigenvalue weighted by molar-refractivity contribution is 9.10. The Bertz CT molecular complexity index is 1190. The maximum Gasteiger partial charge on any atom is 0.175 e. The predicted octanol–water partition coefficient (Wildman–Crippen LogP) is 7.20. The van der Waals surface area contributed by atoms with Crippen molar-refractivity contribution in [1.29, 1.82) is 0 Å². The quantitative estimate of drug-likeness (QED) is 0.268. The van der Waals surface area contributed by atoms with Gasteiger partial charge in [0.25, 0.3) is 0 Å². The average molecular weight is 492 g/mol. The summed E-state index contributed by atoms with van der Waals surface area (Å²) in [5, 5.41) is 5.83. The van der Waals surface area contributed by atoms with E-state index in [1.54, 1.807) is 7.11 Å². The summed E-state index contributed by atoms with van der Waals surface area (Å²) in [6, 6.07) is 26.6. The molecule has 4 aromatic carbocycles. The molecule has 4 nitrogen and oxygen atoms in total. The molecule has 4 aromatic rings. The molecule has 0 aliphatic carbocycles. The average Bonchev–Trinajstić information content (AvgIpc) is 2.83. The largest absolute Gasteiger partial charge is 0.494 e. The van der Waals surface area contributed by atoms with Gasteiger partial charge in [0, 0.05) is 12.2 Å². The van der Waals surface area contributed by atoms with Crippen LogP contribution in [0.5, 0.6) is 17.2 Å². The fraction of sp³-hybridized carbons (Fsp3) is 0.185. The van der Waals surface area contributed by atoms with Gasteiger partial charge in [0.2, 0.25) is 0 Å². The van der Waals surface area contributed by atoms with Crippen molar-refractivity contribution in [2.45, 2.75) is 20.1 Å². The summed E-state index contributed by atoms with van der Waals surface area (Å²) in [5.41, 5.74) is 3.25. The Morgan fingerprint density at radius 2 is 1.66 bits per heavy atom. The van der Waals surface area contributed by atoms with Gasteiger partial charge in [0.05, 0.1) is 18.2 Å². The molecule has 32 heavy (non-hydrogen) atoms. The molecule has 0 radical (unpaired) electrons. The van der Waals surface area contributed by atoms with E-state index < -0.39 is 0 Å². The standard InChI is InChI=1S/C27H26BrNO3/c1-3-31-23-13-11-22(12-14-23)29-17-19-15-25(28)27(26(16-19)30-2)32-18-21-9-6-8-20-7-4-5-10-24(20)21/h4-16,29H,3,17-18H2,1-2H3. The summed E-state index contributed by atoms with van der Waals surface area (Å²) in [7, 11) is 1.66. The van der Waals surface area contributed by atoms with E-state index in [1.807, 2.05) is 43.3 Å². The van der Waals surface area contributed by atoms with E-state index in [2.05, 4.69) is 63.7 Å². The second-order valence-electron chi connectivity index (χ2n) is 7.35. The van der Waals surface area contributed by atoms with E-state index in [0.717, 1.165) is 27.0 Å². The zero-order valence-electron chi connectivity index (χ0n) is 18.2. The van der Waals surface area contributed by atoms with Crippen molar-refractivity contribution >= 4 is 32.4 Å². The minimum Gasteiger partial charge on any atom is -0.494 e. The van der Waals surface area contributed by atoms with Crippen LogP contribution in [0, 0.1) is 0 Å². The number of methoxy groups -OCH3 is 1. The van der Waals surface area contributed by atoms with Crippen molar-refractivity contribution in [1.82, 2.24) is 0 Å².